The topological polar surface area (TPSA) is 112 Å². The first-order valence-corrected chi connectivity index (χ1v) is 8.14. The maximum atomic E-state index is 12.9. The van der Waals surface area contributed by atoms with E-state index in [0.717, 1.165) is 23.9 Å². The fourth-order valence-electron chi connectivity index (χ4n) is 2.38. The van der Waals surface area contributed by atoms with E-state index in [2.05, 4.69) is 25.6 Å². The molecular weight excluding hydrogens is 375 g/mol. The third-order valence-electron chi connectivity index (χ3n) is 3.89. The van der Waals surface area contributed by atoms with Crippen LogP contribution in [0.3, 0.4) is 0 Å². The van der Waals surface area contributed by atoms with E-state index in [9.17, 15) is 18.0 Å². The van der Waals surface area contributed by atoms with Crippen molar-refractivity contribution in [3.05, 3.63) is 47.8 Å². The molecule has 11 heteroatoms. The van der Waals surface area contributed by atoms with Gasteiger partial charge in [-0.2, -0.15) is 13.2 Å². The second-order valence-electron chi connectivity index (χ2n) is 6.13. The molecule has 28 heavy (non-hydrogen) atoms. The van der Waals surface area contributed by atoms with Crippen LogP contribution in [0.2, 0.25) is 0 Å². The second-order valence-corrected chi connectivity index (χ2v) is 6.13. The lowest BCUT2D eigenvalue weighted by Gasteiger charge is -2.10. The molecule has 0 unspecified atom stereocenters. The predicted molar refractivity (Wildman–Crippen MR) is 94.4 cm³/mol. The lowest BCUT2D eigenvalue weighted by molar-refractivity contribution is -0.137. The minimum Gasteiger partial charge on any atom is -0.368 e. The van der Waals surface area contributed by atoms with E-state index >= 15 is 0 Å². The van der Waals surface area contributed by atoms with Crippen molar-refractivity contribution in [1.82, 2.24) is 25.0 Å². The van der Waals surface area contributed by atoms with Crippen LogP contribution in [0.25, 0.3) is 11.4 Å². The summed E-state index contributed by atoms with van der Waals surface area (Å²) in [7, 11) is 0. The van der Waals surface area contributed by atoms with Gasteiger partial charge in [0.2, 0.25) is 5.91 Å². The zero-order chi connectivity index (χ0) is 20.5. The Balaban J connectivity index is 1.90. The minimum atomic E-state index is -4.47. The summed E-state index contributed by atoms with van der Waals surface area (Å²) in [5, 5.41) is 10.6. The van der Waals surface area contributed by atoms with Crippen LogP contribution < -0.4 is 11.1 Å². The standard InChI is InChI=1S/C17H16F3N7O/c1-9-5-12(13-8-27(26-25-13)10(2)16(21)28)23-15(6-9)24-14-7-11(3-4-22-14)17(18,19)20/h3-8,10H,1-2H3,(H2,21,28)(H,22,23,24)/t10-/m0/s1. The van der Waals surface area contributed by atoms with Crippen LogP contribution in [0.4, 0.5) is 24.8 Å². The number of carbonyl (C=O) groups excluding carboxylic acids is 1. The van der Waals surface area contributed by atoms with Crippen molar-refractivity contribution in [2.45, 2.75) is 26.1 Å². The van der Waals surface area contributed by atoms with Crippen molar-refractivity contribution < 1.29 is 18.0 Å². The average molecular weight is 391 g/mol. The molecule has 3 N–H and O–H groups in total. The van der Waals surface area contributed by atoms with Crippen LogP contribution in [0.5, 0.6) is 0 Å². The predicted octanol–water partition coefficient (Wildman–Crippen LogP) is 2.85. The van der Waals surface area contributed by atoms with Gasteiger partial charge in [-0.15, -0.1) is 5.10 Å². The van der Waals surface area contributed by atoms with Gasteiger partial charge < -0.3 is 11.1 Å². The average Bonchev–Trinajstić information content (AvgIpc) is 3.10. The summed E-state index contributed by atoms with van der Waals surface area (Å²) >= 11 is 0. The Morgan fingerprint density at radius 3 is 2.64 bits per heavy atom. The molecule has 3 aromatic rings. The number of hydrogen-bond donors (Lipinski definition) is 2. The van der Waals surface area contributed by atoms with E-state index in [4.69, 9.17) is 5.73 Å². The molecule has 0 aliphatic heterocycles. The van der Waals surface area contributed by atoms with Gasteiger partial charge in [0.1, 0.15) is 23.4 Å². The summed E-state index contributed by atoms with van der Waals surface area (Å²) in [4.78, 5) is 19.5. The van der Waals surface area contributed by atoms with Crippen LogP contribution in [-0.2, 0) is 11.0 Å². The van der Waals surface area contributed by atoms with E-state index in [-0.39, 0.29) is 5.82 Å². The molecule has 0 fully saturated rings. The molecule has 1 amide bonds. The van der Waals surface area contributed by atoms with Gasteiger partial charge in [-0.3, -0.25) is 4.79 Å². The first kappa shape index (κ1) is 19.3. The summed E-state index contributed by atoms with van der Waals surface area (Å²) in [5.41, 5.74) is 6.04. The number of hydrogen-bond acceptors (Lipinski definition) is 6. The van der Waals surface area contributed by atoms with Crippen LogP contribution >= 0.6 is 0 Å². The molecule has 3 heterocycles. The highest BCUT2D eigenvalue weighted by molar-refractivity contribution is 5.77. The number of anilines is 2. The number of aryl methyl sites for hydroxylation is 1. The first-order valence-electron chi connectivity index (χ1n) is 8.14. The molecule has 0 spiro atoms. The molecule has 0 aromatic carbocycles. The number of primary amides is 1. The van der Waals surface area contributed by atoms with Crippen molar-refractivity contribution in [2.24, 2.45) is 5.73 Å². The summed E-state index contributed by atoms with van der Waals surface area (Å²) in [6.45, 7) is 3.38. The zero-order valence-corrected chi connectivity index (χ0v) is 14.9. The molecule has 1 atom stereocenters. The lowest BCUT2D eigenvalue weighted by Crippen LogP contribution is -2.24. The molecule has 0 aliphatic rings. The first-order chi connectivity index (χ1) is 13.1. The van der Waals surface area contributed by atoms with Gasteiger partial charge >= 0.3 is 6.18 Å². The summed E-state index contributed by atoms with van der Waals surface area (Å²) < 4.78 is 39.9. The van der Waals surface area contributed by atoms with Gasteiger partial charge in [0, 0.05) is 6.20 Å². The largest absolute Gasteiger partial charge is 0.416 e. The van der Waals surface area contributed by atoms with Crippen molar-refractivity contribution in [1.29, 1.82) is 0 Å². The van der Waals surface area contributed by atoms with Crippen LogP contribution in [-0.4, -0.2) is 30.9 Å². The second kappa shape index (κ2) is 7.25. The number of amides is 1. The van der Waals surface area contributed by atoms with Crippen molar-refractivity contribution in [3.8, 4) is 11.4 Å². The van der Waals surface area contributed by atoms with Crippen LogP contribution in [0, 0.1) is 6.92 Å². The number of aromatic nitrogens is 5. The summed E-state index contributed by atoms with van der Waals surface area (Å²) in [5.74, 6) is -0.268. The number of carbonyl (C=O) groups is 1. The highest BCUT2D eigenvalue weighted by Gasteiger charge is 2.30. The third kappa shape index (κ3) is 4.24. The maximum absolute atomic E-state index is 12.9. The monoisotopic (exact) mass is 391 g/mol. The van der Waals surface area contributed by atoms with Gasteiger partial charge in [0.15, 0.2) is 0 Å². The SMILES string of the molecule is Cc1cc(Nc2cc(C(F)(F)F)ccn2)nc(-c2cn([C@@H](C)C(N)=O)nn2)c1. The Morgan fingerprint density at radius 1 is 1.21 bits per heavy atom. The zero-order valence-electron chi connectivity index (χ0n) is 14.9. The fourth-order valence-corrected chi connectivity index (χ4v) is 2.38. The number of nitrogens with two attached hydrogens (primary N) is 1. The summed E-state index contributed by atoms with van der Waals surface area (Å²) in [6, 6.07) is 4.49. The Labute approximate surface area is 157 Å². The third-order valence-corrected chi connectivity index (χ3v) is 3.89. The van der Waals surface area contributed by atoms with E-state index in [1.54, 1.807) is 26.0 Å². The molecule has 146 valence electrons. The van der Waals surface area contributed by atoms with E-state index in [1.807, 2.05) is 0 Å². The Bertz CT molecular complexity index is 1020. The number of nitrogens with one attached hydrogen (secondary N) is 1. The molecule has 0 saturated heterocycles. The number of nitrogens with zero attached hydrogens (tertiary/aromatic N) is 5. The van der Waals surface area contributed by atoms with E-state index in [0.29, 0.717) is 17.2 Å². The summed E-state index contributed by atoms with van der Waals surface area (Å²) in [6.07, 6.45) is -1.89. The van der Waals surface area contributed by atoms with Crippen LogP contribution in [0.1, 0.15) is 24.1 Å². The molecule has 0 bridgehead atoms. The molecule has 8 nitrogen and oxygen atoms in total. The van der Waals surface area contributed by atoms with Gasteiger partial charge in [-0.1, -0.05) is 5.21 Å². The number of rotatable bonds is 5. The molecule has 3 aromatic heterocycles. The molecule has 3 rings (SSSR count). The van der Waals surface area contributed by atoms with Gasteiger partial charge in [-0.05, 0) is 43.7 Å². The van der Waals surface area contributed by atoms with Crippen LogP contribution in [0.15, 0.2) is 36.7 Å². The van der Waals surface area contributed by atoms with Crippen molar-refractivity contribution in [3.63, 3.8) is 0 Å². The quantitative estimate of drug-likeness (QED) is 0.692. The lowest BCUT2D eigenvalue weighted by atomic mass is 10.2. The Hall–Kier alpha value is -3.50. The number of pyridine rings is 2. The minimum absolute atomic E-state index is 0.00452. The molecule has 0 radical (unpaired) electrons. The van der Waals surface area contributed by atoms with E-state index in [1.165, 1.54) is 10.9 Å². The fraction of sp³-hybridized carbons (Fsp3) is 0.235. The molecule has 0 saturated carbocycles. The highest BCUT2D eigenvalue weighted by Crippen LogP contribution is 2.30. The molecule has 0 aliphatic carbocycles. The van der Waals surface area contributed by atoms with E-state index < -0.39 is 23.7 Å². The smallest absolute Gasteiger partial charge is 0.368 e. The molecular formula is C17H16F3N7O. The number of alkyl halides is 3. The van der Waals surface area contributed by atoms with Gasteiger partial charge in [0.25, 0.3) is 0 Å². The van der Waals surface area contributed by atoms with Gasteiger partial charge in [-0.25, -0.2) is 14.6 Å². The maximum Gasteiger partial charge on any atom is 0.416 e. The Kier molecular flexibility index (Phi) is 4.99. The van der Waals surface area contributed by atoms with Gasteiger partial charge in [0.05, 0.1) is 17.5 Å². The number of halogens is 3. The highest BCUT2D eigenvalue weighted by atomic mass is 19.4. The van der Waals surface area contributed by atoms with Crippen molar-refractivity contribution >= 4 is 17.5 Å². The van der Waals surface area contributed by atoms with Crippen molar-refractivity contribution in [2.75, 3.05) is 5.32 Å². The Morgan fingerprint density at radius 2 is 1.96 bits per heavy atom. The normalized spacial score (nSPS) is 12.6.